The minimum atomic E-state index is -0.218. The summed E-state index contributed by atoms with van der Waals surface area (Å²) in [4.78, 5) is 28.6. The van der Waals surface area contributed by atoms with Gasteiger partial charge >= 0.3 is 5.69 Å². The van der Waals surface area contributed by atoms with E-state index in [2.05, 4.69) is 15.4 Å². The predicted octanol–water partition coefficient (Wildman–Crippen LogP) is 1.25. The summed E-state index contributed by atoms with van der Waals surface area (Å²) in [5, 5.41) is 7.42. The monoisotopic (exact) mass is 347 g/mol. The van der Waals surface area contributed by atoms with Crippen LogP contribution >= 0.6 is 0 Å². The summed E-state index contributed by atoms with van der Waals surface area (Å²) in [7, 11) is 3.39. The van der Waals surface area contributed by atoms with Crippen molar-refractivity contribution in [2.24, 2.45) is 20.0 Å². The molecule has 8 heteroatoms. The van der Waals surface area contributed by atoms with Gasteiger partial charge in [0.2, 0.25) is 5.76 Å². The van der Waals surface area contributed by atoms with Gasteiger partial charge in [-0.25, -0.2) is 14.5 Å². The SMILES string of the molecule is Cc1nc(C)c(C(=O)N[C@@H]2CCCC[C@@H]2Cc2nn(C)c(=O)n2C)o1. The Morgan fingerprint density at radius 3 is 2.60 bits per heavy atom. The molecule has 1 N–H and O–H groups in total. The zero-order valence-electron chi connectivity index (χ0n) is 15.2. The third-order valence-electron chi connectivity index (χ3n) is 5.00. The lowest BCUT2D eigenvalue weighted by Gasteiger charge is -2.31. The van der Waals surface area contributed by atoms with Crippen LogP contribution in [0.5, 0.6) is 0 Å². The van der Waals surface area contributed by atoms with Gasteiger partial charge < -0.3 is 9.73 Å². The van der Waals surface area contributed by atoms with Crippen molar-refractivity contribution >= 4 is 5.91 Å². The van der Waals surface area contributed by atoms with E-state index in [9.17, 15) is 9.59 Å². The van der Waals surface area contributed by atoms with E-state index in [1.165, 1.54) is 4.68 Å². The molecular weight excluding hydrogens is 322 g/mol. The summed E-state index contributed by atoms with van der Waals surface area (Å²) in [6, 6.07) is 0.0446. The van der Waals surface area contributed by atoms with Gasteiger partial charge in [-0.1, -0.05) is 12.8 Å². The molecule has 25 heavy (non-hydrogen) atoms. The third-order valence-corrected chi connectivity index (χ3v) is 5.00. The quantitative estimate of drug-likeness (QED) is 0.898. The fraction of sp³-hybridized carbons (Fsp3) is 0.647. The van der Waals surface area contributed by atoms with Crippen LogP contribution in [0.2, 0.25) is 0 Å². The smallest absolute Gasteiger partial charge is 0.345 e. The predicted molar refractivity (Wildman–Crippen MR) is 91.3 cm³/mol. The number of nitrogens with zero attached hydrogens (tertiary/aromatic N) is 4. The van der Waals surface area contributed by atoms with Crippen LogP contribution in [0.25, 0.3) is 0 Å². The van der Waals surface area contributed by atoms with Gasteiger partial charge in [0.05, 0.1) is 5.69 Å². The van der Waals surface area contributed by atoms with Crippen molar-refractivity contribution in [3.05, 3.63) is 33.7 Å². The molecule has 1 saturated carbocycles. The number of rotatable bonds is 4. The van der Waals surface area contributed by atoms with Crippen LogP contribution in [0.15, 0.2) is 9.21 Å². The van der Waals surface area contributed by atoms with Crippen molar-refractivity contribution in [1.29, 1.82) is 0 Å². The molecule has 2 heterocycles. The zero-order chi connectivity index (χ0) is 18.1. The summed E-state index contributed by atoms with van der Waals surface area (Å²) in [6.45, 7) is 3.50. The summed E-state index contributed by atoms with van der Waals surface area (Å²) < 4.78 is 8.36. The van der Waals surface area contributed by atoms with Crippen molar-refractivity contribution in [2.45, 2.75) is 52.0 Å². The third kappa shape index (κ3) is 3.52. The summed E-state index contributed by atoms with van der Waals surface area (Å²) in [6.07, 6.45) is 4.80. The highest BCUT2D eigenvalue weighted by atomic mass is 16.4. The molecule has 3 rings (SSSR count). The first-order chi connectivity index (χ1) is 11.9. The van der Waals surface area contributed by atoms with E-state index in [0.29, 0.717) is 18.0 Å². The van der Waals surface area contributed by atoms with E-state index in [4.69, 9.17) is 4.42 Å². The Bertz CT molecular complexity index is 832. The molecule has 136 valence electrons. The fourth-order valence-electron chi connectivity index (χ4n) is 3.64. The van der Waals surface area contributed by atoms with E-state index in [1.807, 2.05) is 0 Å². The van der Waals surface area contributed by atoms with Gasteiger partial charge in [-0.05, 0) is 25.7 Å². The molecule has 2 aromatic heterocycles. The minimum Gasteiger partial charge on any atom is -0.436 e. The first-order valence-corrected chi connectivity index (χ1v) is 8.70. The second-order valence-corrected chi connectivity index (χ2v) is 6.86. The molecule has 0 saturated heterocycles. The highest BCUT2D eigenvalue weighted by Crippen LogP contribution is 2.27. The molecule has 1 fully saturated rings. The van der Waals surface area contributed by atoms with Crippen LogP contribution in [0, 0.1) is 19.8 Å². The van der Waals surface area contributed by atoms with Gasteiger partial charge in [0.15, 0.2) is 5.89 Å². The van der Waals surface area contributed by atoms with E-state index >= 15 is 0 Å². The lowest BCUT2D eigenvalue weighted by Crippen LogP contribution is -2.43. The van der Waals surface area contributed by atoms with Crippen molar-refractivity contribution in [2.75, 3.05) is 0 Å². The van der Waals surface area contributed by atoms with Crippen molar-refractivity contribution < 1.29 is 9.21 Å². The van der Waals surface area contributed by atoms with Gasteiger partial charge in [0.25, 0.3) is 5.91 Å². The number of carbonyl (C=O) groups is 1. The molecule has 0 aliphatic heterocycles. The second kappa shape index (κ2) is 6.85. The van der Waals surface area contributed by atoms with Crippen LogP contribution in [-0.2, 0) is 20.5 Å². The largest absolute Gasteiger partial charge is 0.436 e. The van der Waals surface area contributed by atoms with E-state index in [0.717, 1.165) is 31.5 Å². The second-order valence-electron chi connectivity index (χ2n) is 6.86. The van der Waals surface area contributed by atoms with E-state index < -0.39 is 0 Å². The number of hydrogen-bond acceptors (Lipinski definition) is 5. The molecule has 0 bridgehead atoms. The molecule has 1 amide bonds. The Morgan fingerprint density at radius 1 is 1.28 bits per heavy atom. The Morgan fingerprint density at radius 2 is 2.00 bits per heavy atom. The number of nitrogens with one attached hydrogen (secondary N) is 1. The molecule has 1 aliphatic carbocycles. The molecular formula is C17H25N5O3. The number of amides is 1. The lowest BCUT2D eigenvalue weighted by atomic mass is 9.82. The molecule has 0 spiro atoms. The van der Waals surface area contributed by atoms with Crippen LogP contribution < -0.4 is 11.0 Å². The van der Waals surface area contributed by atoms with Crippen LogP contribution in [0.3, 0.4) is 0 Å². The molecule has 8 nitrogen and oxygen atoms in total. The average Bonchev–Trinajstić information content (AvgIpc) is 3.03. The Balaban J connectivity index is 1.74. The number of carbonyl (C=O) groups excluding carboxylic acids is 1. The maximum absolute atomic E-state index is 12.6. The van der Waals surface area contributed by atoms with Crippen molar-refractivity contribution in [3.63, 3.8) is 0 Å². The Labute approximate surface area is 146 Å². The number of oxazole rings is 1. The van der Waals surface area contributed by atoms with Crippen LogP contribution in [-0.4, -0.2) is 31.3 Å². The molecule has 0 unspecified atom stereocenters. The highest BCUT2D eigenvalue weighted by Gasteiger charge is 2.30. The standard InChI is InChI=1S/C17H25N5O3/c1-10-15(25-11(2)18-10)16(23)19-13-8-6-5-7-12(13)9-14-20-22(4)17(24)21(14)3/h12-13H,5-9H2,1-4H3,(H,19,23)/t12-,13-/m1/s1. The molecule has 2 aromatic rings. The summed E-state index contributed by atoms with van der Waals surface area (Å²) in [5.41, 5.74) is 0.480. The van der Waals surface area contributed by atoms with Crippen molar-refractivity contribution in [1.82, 2.24) is 24.6 Å². The average molecular weight is 347 g/mol. The Kier molecular flexibility index (Phi) is 4.78. The van der Waals surface area contributed by atoms with Gasteiger partial charge in [-0.15, -0.1) is 0 Å². The maximum Gasteiger partial charge on any atom is 0.345 e. The van der Waals surface area contributed by atoms with Gasteiger partial charge in [-0.3, -0.25) is 9.36 Å². The summed E-state index contributed by atoms with van der Waals surface area (Å²) in [5.74, 6) is 1.57. The highest BCUT2D eigenvalue weighted by molar-refractivity contribution is 5.92. The van der Waals surface area contributed by atoms with Gasteiger partial charge in [-0.2, -0.15) is 5.10 Å². The fourth-order valence-corrected chi connectivity index (χ4v) is 3.64. The van der Waals surface area contributed by atoms with Crippen LogP contribution in [0.4, 0.5) is 0 Å². The minimum absolute atomic E-state index is 0.0446. The summed E-state index contributed by atoms with van der Waals surface area (Å²) >= 11 is 0. The normalized spacial score (nSPS) is 20.6. The first-order valence-electron chi connectivity index (χ1n) is 8.70. The number of hydrogen-bond donors (Lipinski definition) is 1. The number of aryl methyl sites for hydroxylation is 3. The van der Waals surface area contributed by atoms with Gasteiger partial charge in [0, 0.05) is 33.5 Å². The van der Waals surface area contributed by atoms with E-state index in [1.54, 1.807) is 32.5 Å². The Hall–Kier alpha value is -2.38. The lowest BCUT2D eigenvalue weighted by molar-refractivity contribution is 0.0874. The van der Waals surface area contributed by atoms with Crippen molar-refractivity contribution in [3.8, 4) is 0 Å². The van der Waals surface area contributed by atoms with Crippen LogP contribution in [0.1, 0.15) is 53.6 Å². The zero-order valence-corrected chi connectivity index (χ0v) is 15.2. The molecule has 0 radical (unpaired) electrons. The first kappa shape index (κ1) is 17.4. The maximum atomic E-state index is 12.6. The molecule has 1 aliphatic rings. The molecule has 2 atom stereocenters. The van der Waals surface area contributed by atoms with E-state index in [-0.39, 0.29) is 29.3 Å². The number of aromatic nitrogens is 4. The van der Waals surface area contributed by atoms with Gasteiger partial charge in [0.1, 0.15) is 5.82 Å². The molecule has 0 aromatic carbocycles. The topological polar surface area (TPSA) is 95.0 Å².